The molecule has 10 heteroatoms. The molecule has 0 radical (unpaired) electrons. The zero-order valence-electron chi connectivity index (χ0n) is 11.3. The highest BCUT2D eigenvalue weighted by Gasteiger charge is 2.14. The molecule has 0 fully saturated rings. The molecule has 2 amide bonds. The fourth-order valence-corrected chi connectivity index (χ4v) is 2.39. The number of nitrogens with zero attached hydrogens (tertiary/aromatic N) is 1. The van der Waals surface area contributed by atoms with Gasteiger partial charge in [-0.15, -0.1) is 0 Å². The van der Waals surface area contributed by atoms with Gasteiger partial charge in [-0.2, -0.15) is 0 Å². The van der Waals surface area contributed by atoms with Crippen LogP contribution in [0.25, 0.3) is 0 Å². The maximum atomic E-state index is 11.6. The molecule has 0 aliphatic heterocycles. The smallest absolute Gasteiger partial charge is 0.356 e. The molecule has 9 nitrogen and oxygen atoms in total. The van der Waals surface area contributed by atoms with Gasteiger partial charge >= 0.3 is 12.0 Å². The maximum Gasteiger partial charge on any atom is 0.356 e. The largest absolute Gasteiger partial charge is 0.476 e. The Morgan fingerprint density at radius 3 is 2.71 bits per heavy atom. The molecule has 1 aromatic heterocycles. The van der Waals surface area contributed by atoms with E-state index in [9.17, 15) is 18.0 Å². The molecular formula is C11H16N4O5S. The number of carboxylic acids is 1. The van der Waals surface area contributed by atoms with Crippen molar-refractivity contribution in [1.82, 2.24) is 15.0 Å². The van der Waals surface area contributed by atoms with Gasteiger partial charge < -0.3 is 15.7 Å². The van der Waals surface area contributed by atoms with Gasteiger partial charge in [0.2, 0.25) is 10.0 Å². The van der Waals surface area contributed by atoms with Gasteiger partial charge in [-0.25, -0.2) is 27.7 Å². The summed E-state index contributed by atoms with van der Waals surface area (Å²) >= 11 is 0. The van der Waals surface area contributed by atoms with E-state index in [0.29, 0.717) is 0 Å². The Morgan fingerprint density at radius 2 is 2.10 bits per heavy atom. The summed E-state index contributed by atoms with van der Waals surface area (Å²) in [6.07, 6.45) is 1.29. The molecule has 0 aliphatic rings. The summed E-state index contributed by atoms with van der Waals surface area (Å²) in [5.74, 6) is -1.55. The third-order valence-corrected chi connectivity index (χ3v) is 3.75. The Kier molecular flexibility index (Phi) is 6.06. The number of sulfonamides is 1. The van der Waals surface area contributed by atoms with Crippen molar-refractivity contribution in [3.63, 3.8) is 0 Å². The van der Waals surface area contributed by atoms with E-state index < -0.39 is 22.0 Å². The summed E-state index contributed by atoms with van der Waals surface area (Å²) in [5.41, 5.74) is -0.273. The molecule has 0 unspecified atom stereocenters. The van der Waals surface area contributed by atoms with E-state index in [-0.39, 0.29) is 30.2 Å². The standard InChI is InChI=1S/C11H16N4O5S/c1-2-14-21(19,20)7-6-13-11(18)15-8-4-3-5-12-9(8)10(16)17/h3-5,14H,2,6-7H2,1H3,(H,16,17)(H2,13,15,18). The van der Waals surface area contributed by atoms with Crippen molar-refractivity contribution in [2.45, 2.75) is 6.92 Å². The molecule has 21 heavy (non-hydrogen) atoms. The molecule has 0 spiro atoms. The van der Waals surface area contributed by atoms with Crippen LogP contribution in [-0.4, -0.2) is 49.4 Å². The lowest BCUT2D eigenvalue weighted by molar-refractivity contribution is 0.0691. The molecule has 0 aromatic carbocycles. The normalized spacial score (nSPS) is 10.9. The van der Waals surface area contributed by atoms with Crippen LogP contribution >= 0.6 is 0 Å². The Bertz CT molecular complexity index is 617. The fraction of sp³-hybridized carbons (Fsp3) is 0.364. The van der Waals surface area contributed by atoms with Crippen molar-refractivity contribution < 1.29 is 23.1 Å². The number of rotatable bonds is 7. The highest BCUT2D eigenvalue weighted by molar-refractivity contribution is 7.89. The summed E-state index contributed by atoms with van der Waals surface area (Å²) in [5, 5.41) is 13.5. The first-order valence-electron chi connectivity index (χ1n) is 6.06. The number of amides is 2. The summed E-state index contributed by atoms with van der Waals surface area (Å²) in [7, 11) is -3.42. The Hall–Kier alpha value is -2.20. The van der Waals surface area contributed by atoms with Gasteiger partial charge in [0.05, 0.1) is 11.4 Å². The van der Waals surface area contributed by atoms with Gasteiger partial charge in [0.25, 0.3) is 0 Å². The molecule has 0 saturated heterocycles. The van der Waals surface area contributed by atoms with E-state index >= 15 is 0 Å². The van der Waals surface area contributed by atoms with Crippen LogP contribution < -0.4 is 15.4 Å². The van der Waals surface area contributed by atoms with Crippen LogP contribution in [0.4, 0.5) is 10.5 Å². The van der Waals surface area contributed by atoms with Crippen LogP contribution in [-0.2, 0) is 10.0 Å². The second kappa shape index (κ2) is 7.55. The number of carbonyl (C=O) groups is 2. The Labute approximate surface area is 121 Å². The van der Waals surface area contributed by atoms with E-state index in [1.807, 2.05) is 0 Å². The van der Waals surface area contributed by atoms with Gasteiger partial charge in [0, 0.05) is 19.3 Å². The minimum atomic E-state index is -3.42. The van der Waals surface area contributed by atoms with Crippen LogP contribution in [0.1, 0.15) is 17.4 Å². The second-order valence-electron chi connectivity index (χ2n) is 3.90. The summed E-state index contributed by atoms with van der Waals surface area (Å²) < 4.78 is 25.0. The topological polar surface area (TPSA) is 137 Å². The van der Waals surface area contributed by atoms with E-state index in [0.717, 1.165) is 0 Å². The SMILES string of the molecule is CCNS(=O)(=O)CCNC(=O)Nc1cccnc1C(=O)O. The molecule has 0 bridgehead atoms. The number of aromatic carboxylic acids is 1. The number of urea groups is 1. The third kappa shape index (κ3) is 5.75. The van der Waals surface area contributed by atoms with Gasteiger partial charge in [-0.3, -0.25) is 0 Å². The molecule has 0 aliphatic carbocycles. The lowest BCUT2D eigenvalue weighted by Crippen LogP contribution is -2.36. The zero-order chi connectivity index (χ0) is 15.9. The number of carboxylic acid groups (broad SMARTS) is 1. The molecule has 1 aromatic rings. The molecule has 0 saturated carbocycles. The van der Waals surface area contributed by atoms with Gasteiger partial charge in [0.15, 0.2) is 5.69 Å². The molecule has 116 valence electrons. The third-order valence-electron chi connectivity index (χ3n) is 2.28. The van der Waals surface area contributed by atoms with Gasteiger partial charge in [-0.1, -0.05) is 6.92 Å². The number of hydrogen-bond acceptors (Lipinski definition) is 5. The first-order chi connectivity index (χ1) is 9.85. The van der Waals surface area contributed by atoms with Crippen molar-refractivity contribution in [1.29, 1.82) is 0 Å². The molecule has 1 rings (SSSR count). The lowest BCUT2D eigenvalue weighted by atomic mass is 10.3. The summed E-state index contributed by atoms with van der Waals surface area (Å²) in [6.45, 7) is 1.81. The quantitative estimate of drug-likeness (QED) is 0.551. The number of anilines is 1. The zero-order valence-corrected chi connectivity index (χ0v) is 12.1. The van der Waals surface area contributed by atoms with Crippen LogP contribution in [0.3, 0.4) is 0 Å². The van der Waals surface area contributed by atoms with Crippen LogP contribution in [0.2, 0.25) is 0 Å². The van der Waals surface area contributed by atoms with E-state index in [2.05, 4.69) is 20.3 Å². The molecule has 4 N–H and O–H groups in total. The minimum Gasteiger partial charge on any atom is -0.476 e. The monoisotopic (exact) mass is 316 g/mol. The van der Waals surface area contributed by atoms with Crippen LogP contribution in [0.15, 0.2) is 18.3 Å². The van der Waals surface area contributed by atoms with E-state index in [1.165, 1.54) is 18.3 Å². The first-order valence-corrected chi connectivity index (χ1v) is 7.71. The average molecular weight is 316 g/mol. The highest BCUT2D eigenvalue weighted by Crippen LogP contribution is 2.11. The minimum absolute atomic E-state index is 0.0250. The lowest BCUT2D eigenvalue weighted by Gasteiger charge is -2.09. The van der Waals surface area contributed by atoms with E-state index in [1.54, 1.807) is 6.92 Å². The van der Waals surface area contributed by atoms with Crippen molar-refractivity contribution >= 4 is 27.7 Å². The van der Waals surface area contributed by atoms with E-state index in [4.69, 9.17) is 5.11 Å². The average Bonchev–Trinajstić information content (AvgIpc) is 2.38. The maximum absolute atomic E-state index is 11.6. The van der Waals surface area contributed by atoms with Crippen LogP contribution in [0, 0.1) is 0 Å². The molecule has 1 heterocycles. The molecular weight excluding hydrogens is 300 g/mol. The fourth-order valence-electron chi connectivity index (χ4n) is 1.43. The predicted molar refractivity (Wildman–Crippen MR) is 75.7 cm³/mol. The second-order valence-corrected chi connectivity index (χ2v) is 5.83. The van der Waals surface area contributed by atoms with Gasteiger partial charge in [0.1, 0.15) is 0 Å². The first kappa shape index (κ1) is 16.9. The number of pyridine rings is 1. The number of aromatic nitrogens is 1. The summed E-state index contributed by atoms with van der Waals surface area (Å²) in [6, 6.07) is 2.14. The Balaban J connectivity index is 2.54. The van der Waals surface area contributed by atoms with Crippen molar-refractivity contribution in [3.8, 4) is 0 Å². The Morgan fingerprint density at radius 1 is 1.38 bits per heavy atom. The number of carbonyl (C=O) groups excluding carboxylic acids is 1. The molecule has 0 atom stereocenters. The highest BCUT2D eigenvalue weighted by atomic mass is 32.2. The van der Waals surface area contributed by atoms with Crippen molar-refractivity contribution in [2.24, 2.45) is 0 Å². The number of hydrogen-bond donors (Lipinski definition) is 4. The van der Waals surface area contributed by atoms with Crippen LogP contribution in [0.5, 0.6) is 0 Å². The van der Waals surface area contributed by atoms with Crippen molar-refractivity contribution in [2.75, 3.05) is 24.2 Å². The van der Waals surface area contributed by atoms with Crippen molar-refractivity contribution in [3.05, 3.63) is 24.0 Å². The predicted octanol–water partition coefficient (Wildman–Crippen LogP) is -0.159. The number of nitrogens with one attached hydrogen (secondary N) is 3. The summed E-state index contributed by atoms with van der Waals surface area (Å²) in [4.78, 5) is 26.1. The van der Waals surface area contributed by atoms with Gasteiger partial charge in [-0.05, 0) is 12.1 Å².